The highest BCUT2D eigenvalue weighted by molar-refractivity contribution is 5.94. The average Bonchev–Trinajstić information content (AvgIpc) is 2.38. The van der Waals surface area contributed by atoms with Crippen molar-refractivity contribution in [1.82, 2.24) is 4.90 Å². The minimum atomic E-state index is -0.922. The van der Waals surface area contributed by atoms with Crippen molar-refractivity contribution in [2.75, 3.05) is 6.54 Å². The fourth-order valence-corrected chi connectivity index (χ4v) is 1.94. The second-order valence-electron chi connectivity index (χ2n) is 4.39. The number of carbonyl (C=O) groups is 2. The first kappa shape index (κ1) is 15.2. The van der Waals surface area contributed by atoms with Gasteiger partial charge in [0.05, 0.1) is 13.0 Å². The molecule has 1 atom stereocenters. The molecule has 1 aromatic carbocycles. The van der Waals surface area contributed by atoms with E-state index < -0.39 is 5.97 Å². The second-order valence-corrected chi connectivity index (χ2v) is 4.39. The van der Waals surface area contributed by atoms with Gasteiger partial charge in [0.2, 0.25) is 0 Å². The molecule has 0 spiro atoms. The summed E-state index contributed by atoms with van der Waals surface area (Å²) in [5.74, 6) is -1.12. The zero-order valence-electron chi connectivity index (χ0n) is 11.2. The van der Waals surface area contributed by atoms with E-state index in [1.54, 1.807) is 31.2 Å². The van der Waals surface area contributed by atoms with Crippen LogP contribution in [0.1, 0.15) is 36.2 Å². The van der Waals surface area contributed by atoms with Crippen molar-refractivity contribution in [3.8, 4) is 0 Å². The van der Waals surface area contributed by atoms with E-state index in [0.717, 1.165) is 5.56 Å². The van der Waals surface area contributed by atoms with Crippen molar-refractivity contribution in [1.29, 1.82) is 0 Å². The molecule has 0 radical (unpaired) electrons. The van der Waals surface area contributed by atoms with Crippen LogP contribution in [0.3, 0.4) is 0 Å². The van der Waals surface area contributed by atoms with Crippen LogP contribution in [-0.4, -0.2) is 39.6 Å². The van der Waals surface area contributed by atoms with E-state index in [0.29, 0.717) is 12.1 Å². The van der Waals surface area contributed by atoms with Gasteiger partial charge in [0.25, 0.3) is 5.91 Å². The summed E-state index contributed by atoms with van der Waals surface area (Å²) in [6.07, 6.45) is -0.0751. The van der Waals surface area contributed by atoms with Gasteiger partial charge in [-0.2, -0.15) is 0 Å². The predicted octanol–water partition coefficient (Wildman–Crippen LogP) is 1.50. The number of hydrogen-bond acceptors (Lipinski definition) is 3. The van der Waals surface area contributed by atoms with Gasteiger partial charge in [-0.05, 0) is 31.5 Å². The number of rotatable bonds is 6. The SMILES string of the molecule is CCN(C(=O)c1ccc(CO)cc1)C(C)CC(=O)O. The number of nitrogens with zero attached hydrogens (tertiary/aromatic N) is 1. The van der Waals surface area contributed by atoms with Gasteiger partial charge in [-0.1, -0.05) is 12.1 Å². The van der Waals surface area contributed by atoms with Crippen molar-refractivity contribution in [2.24, 2.45) is 0 Å². The van der Waals surface area contributed by atoms with Crippen molar-refractivity contribution >= 4 is 11.9 Å². The van der Waals surface area contributed by atoms with E-state index in [4.69, 9.17) is 10.2 Å². The van der Waals surface area contributed by atoms with E-state index in [-0.39, 0.29) is 25.0 Å². The van der Waals surface area contributed by atoms with Crippen LogP contribution in [0.4, 0.5) is 0 Å². The van der Waals surface area contributed by atoms with Gasteiger partial charge in [0, 0.05) is 18.2 Å². The van der Waals surface area contributed by atoms with E-state index in [9.17, 15) is 9.59 Å². The highest BCUT2D eigenvalue weighted by Gasteiger charge is 2.21. The maximum absolute atomic E-state index is 12.3. The van der Waals surface area contributed by atoms with E-state index in [1.165, 1.54) is 4.90 Å². The highest BCUT2D eigenvalue weighted by atomic mass is 16.4. The van der Waals surface area contributed by atoms with Crippen LogP contribution < -0.4 is 0 Å². The zero-order valence-corrected chi connectivity index (χ0v) is 11.2. The van der Waals surface area contributed by atoms with Crippen LogP contribution in [0, 0.1) is 0 Å². The minimum Gasteiger partial charge on any atom is -0.481 e. The van der Waals surface area contributed by atoms with Gasteiger partial charge in [-0.25, -0.2) is 0 Å². The third kappa shape index (κ3) is 4.06. The second kappa shape index (κ2) is 6.89. The molecular formula is C14H19NO4. The summed E-state index contributed by atoms with van der Waals surface area (Å²) in [7, 11) is 0. The molecule has 19 heavy (non-hydrogen) atoms. The molecule has 0 saturated heterocycles. The number of amides is 1. The summed E-state index contributed by atoms with van der Waals surface area (Å²) in [6.45, 7) is 3.92. The van der Waals surface area contributed by atoms with Crippen LogP contribution in [0.15, 0.2) is 24.3 Å². The third-order valence-corrected chi connectivity index (χ3v) is 2.99. The Morgan fingerprint density at radius 3 is 2.26 bits per heavy atom. The summed E-state index contributed by atoms with van der Waals surface area (Å²) >= 11 is 0. The Labute approximate surface area is 112 Å². The first-order valence-electron chi connectivity index (χ1n) is 6.22. The lowest BCUT2D eigenvalue weighted by atomic mass is 10.1. The smallest absolute Gasteiger partial charge is 0.305 e. The average molecular weight is 265 g/mol. The molecular weight excluding hydrogens is 246 g/mol. The predicted molar refractivity (Wildman–Crippen MR) is 70.8 cm³/mol. The zero-order chi connectivity index (χ0) is 14.4. The Kier molecular flexibility index (Phi) is 5.51. The van der Waals surface area contributed by atoms with Crippen LogP contribution >= 0.6 is 0 Å². The van der Waals surface area contributed by atoms with Gasteiger partial charge < -0.3 is 15.1 Å². The largest absolute Gasteiger partial charge is 0.481 e. The Hall–Kier alpha value is -1.88. The number of carboxylic acids is 1. The molecule has 0 heterocycles. The molecule has 1 amide bonds. The molecule has 0 aliphatic rings. The van der Waals surface area contributed by atoms with Crippen molar-refractivity contribution in [3.63, 3.8) is 0 Å². The summed E-state index contributed by atoms with van der Waals surface area (Å²) < 4.78 is 0. The van der Waals surface area contributed by atoms with Gasteiger partial charge in [-0.3, -0.25) is 9.59 Å². The van der Waals surface area contributed by atoms with E-state index in [2.05, 4.69) is 0 Å². The molecule has 1 unspecified atom stereocenters. The first-order valence-corrected chi connectivity index (χ1v) is 6.22. The van der Waals surface area contributed by atoms with Crippen LogP contribution in [0.25, 0.3) is 0 Å². The normalized spacial score (nSPS) is 11.9. The lowest BCUT2D eigenvalue weighted by Crippen LogP contribution is -2.39. The van der Waals surface area contributed by atoms with Crippen LogP contribution in [0.5, 0.6) is 0 Å². The summed E-state index contributed by atoms with van der Waals surface area (Å²) in [4.78, 5) is 24.5. The maximum Gasteiger partial charge on any atom is 0.305 e. The molecule has 1 rings (SSSR count). The van der Waals surface area contributed by atoms with E-state index in [1.807, 2.05) is 6.92 Å². The summed E-state index contributed by atoms with van der Waals surface area (Å²) in [5, 5.41) is 17.7. The topological polar surface area (TPSA) is 77.8 Å². The maximum atomic E-state index is 12.3. The Morgan fingerprint density at radius 2 is 1.84 bits per heavy atom. The molecule has 104 valence electrons. The minimum absolute atomic E-state index is 0.0681. The van der Waals surface area contributed by atoms with Crippen LogP contribution in [0.2, 0.25) is 0 Å². The molecule has 5 nitrogen and oxygen atoms in total. The highest BCUT2D eigenvalue weighted by Crippen LogP contribution is 2.12. The van der Waals surface area contributed by atoms with Gasteiger partial charge in [-0.15, -0.1) is 0 Å². The standard InChI is InChI=1S/C14H19NO4/c1-3-15(10(2)8-13(17)18)14(19)12-6-4-11(9-16)5-7-12/h4-7,10,16H,3,8-9H2,1-2H3,(H,17,18). The van der Waals surface area contributed by atoms with E-state index >= 15 is 0 Å². The van der Waals surface area contributed by atoms with Crippen LogP contribution in [-0.2, 0) is 11.4 Å². The molecule has 2 N–H and O–H groups in total. The van der Waals surface area contributed by atoms with Crippen molar-refractivity contribution < 1.29 is 19.8 Å². The Bertz CT molecular complexity index is 441. The molecule has 0 fully saturated rings. The fourth-order valence-electron chi connectivity index (χ4n) is 1.94. The fraction of sp³-hybridized carbons (Fsp3) is 0.429. The molecule has 5 heteroatoms. The quantitative estimate of drug-likeness (QED) is 0.817. The lowest BCUT2D eigenvalue weighted by molar-refractivity contribution is -0.138. The summed E-state index contributed by atoms with van der Waals surface area (Å²) in [6, 6.07) is 6.30. The lowest BCUT2D eigenvalue weighted by Gasteiger charge is -2.27. The molecule has 0 aromatic heterocycles. The van der Waals surface area contributed by atoms with Gasteiger partial charge >= 0.3 is 5.97 Å². The molecule has 0 saturated carbocycles. The number of carboxylic acid groups (broad SMARTS) is 1. The number of aliphatic hydroxyl groups is 1. The Morgan fingerprint density at radius 1 is 1.26 bits per heavy atom. The number of benzene rings is 1. The molecule has 0 aliphatic carbocycles. The Balaban J connectivity index is 2.85. The van der Waals surface area contributed by atoms with Gasteiger partial charge in [0.15, 0.2) is 0 Å². The third-order valence-electron chi connectivity index (χ3n) is 2.99. The number of hydrogen-bond donors (Lipinski definition) is 2. The molecule has 1 aromatic rings. The number of aliphatic carboxylic acids is 1. The van der Waals surface area contributed by atoms with Gasteiger partial charge in [0.1, 0.15) is 0 Å². The first-order chi connectivity index (χ1) is 8.99. The summed E-state index contributed by atoms with van der Waals surface area (Å²) in [5.41, 5.74) is 1.23. The molecule has 0 bridgehead atoms. The monoisotopic (exact) mass is 265 g/mol. The molecule has 0 aliphatic heterocycles. The van der Waals surface area contributed by atoms with Crippen molar-refractivity contribution in [2.45, 2.75) is 32.9 Å². The van der Waals surface area contributed by atoms with Crippen molar-refractivity contribution in [3.05, 3.63) is 35.4 Å². The number of aliphatic hydroxyl groups excluding tert-OH is 1. The number of carbonyl (C=O) groups excluding carboxylic acids is 1.